The number of benzene rings is 4. The average molecular weight is 525 g/mol. The Morgan fingerprint density at radius 3 is 2.49 bits per heavy atom. The smallest absolute Gasteiger partial charge is 0.213 e. The minimum Gasteiger partial charge on any atom is -0.489 e. The number of halogens is 1. The van der Waals surface area contributed by atoms with Crippen LogP contribution in [0, 0.1) is 6.92 Å². The highest BCUT2D eigenvalue weighted by Gasteiger charge is 2.41. The van der Waals surface area contributed by atoms with Gasteiger partial charge >= 0.3 is 0 Å². The number of hydrazone groups is 1. The van der Waals surface area contributed by atoms with Gasteiger partial charge in [0.05, 0.1) is 11.8 Å². The third kappa shape index (κ3) is 4.44. The van der Waals surface area contributed by atoms with Crippen LogP contribution < -0.4 is 9.47 Å². The Morgan fingerprint density at radius 1 is 0.943 bits per heavy atom. The summed E-state index contributed by atoms with van der Waals surface area (Å²) in [4.78, 5) is 0. The van der Waals surface area contributed by atoms with E-state index in [2.05, 4.69) is 82.5 Å². The molecule has 2 aliphatic rings. The third-order valence-corrected chi connectivity index (χ3v) is 7.04. The van der Waals surface area contributed by atoms with Crippen LogP contribution in [0.15, 0.2) is 107 Å². The molecule has 174 valence electrons. The van der Waals surface area contributed by atoms with Crippen molar-refractivity contribution in [1.29, 1.82) is 0 Å². The van der Waals surface area contributed by atoms with Gasteiger partial charge in [-0.1, -0.05) is 76.1 Å². The van der Waals surface area contributed by atoms with Crippen LogP contribution in [-0.2, 0) is 6.61 Å². The van der Waals surface area contributed by atoms with Gasteiger partial charge in [0.15, 0.2) is 0 Å². The first-order valence-electron chi connectivity index (χ1n) is 11.8. The van der Waals surface area contributed by atoms with Crippen LogP contribution in [0.1, 0.15) is 46.5 Å². The molecule has 2 heterocycles. The first-order valence-corrected chi connectivity index (χ1v) is 12.6. The maximum atomic E-state index is 6.52. The molecule has 0 saturated heterocycles. The summed E-state index contributed by atoms with van der Waals surface area (Å²) in [6.07, 6.45) is 0.532. The zero-order valence-electron chi connectivity index (χ0n) is 19.4. The summed E-state index contributed by atoms with van der Waals surface area (Å²) in [6, 6.07) is 33.3. The summed E-state index contributed by atoms with van der Waals surface area (Å²) < 4.78 is 13.5. The molecule has 4 aromatic rings. The number of rotatable bonds is 5. The molecule has 4 nitrogen and oxygen atoms in total. The van der Waals surface area contributed by atoms with E-state index in [1.165, 1.54) is 5.56 Å². The van der Waals surface area contributed by atoms with E-state index in [4.69, 9.17) is 14.6 Å². The van der Waals surface area contributed by atoms with Gasteiger partial charge in [-0.15, -0.1) is 0 Å². The van der Waals surface area contributed by atoms with Crippen molar-refractivity contribution in [3.05, 3.63) is 129 Å². The predicted octanol–water partition coefficient (Wildman–Crippen LogP) is 7.58. The van der Waals surface area contributed by atoms with Crippen molar-refractivity contribution in [3.8, 4) is 11.5 Å². The summed E-state index contributed by atoms with van der Waals surface area (Å²) in [5.74, 6) is 1.74. The number of nitrogens with zero attached hydrogens (tertiary/aromatic N) is 2. The third-order valence-electron chi connectivity index (χ3n) is 6.55. The van der Waals surface area contributed by atoms with Crippen molar-refractivity contribution < 1.29 is 9.47 Å². The van der Waals surface area contributed by atoms with Gasteiger partial charge in [0.25, 0.3) is 0 Å². The van der Waals surface area contributed by atoms with Crippen molar-refractivity contribution in [2.75, 3.05) is 0 Å². The van der Waals surface area contributed by atoms with Crippen LogP contribution in [0.4, 0.5) is 0 Å². The lowest BCUT2D eigenvalue weighted by Gasteiger charge is -2.38. The van der Waals surface area contributed by atoms with E-state index in [1.54, 1.807) is 0 Å². The molecule has 0 N–H and O–H groups in total. The van der Waals surface area contributed by atoms with Gasteiger partial charge in [0.1, 0.15) is 18.1 Å². The second kappa shape index (κ2) is 9.23. The lowest BCUT2D eigenvalue weighted by atomic mass is 9.95. The first-order chi connectivity index (χ1) is 17.1. The minimum absolute atomic E-state index is 0.117. The molecule has 0 unspecified atom stereocenters. The Hall–Kier alpha value is -3.57. The van der Waals surface area contributed by atoms with Crippen molar-refractivity contribution >= 4 is 21.6 Å². The molecule has 0 saturated carbocycles. The highest BCUT2D eigenvalue weighted by atomic mass is 79.9. The quantitative estimate of drug-likeness (QED) is 0.269. The Bertz CT molecular complexity index is 1370. The summed E-state index contributed by atoms with van der Waals surface area (Å²) in [5.41, 5.74) is 6.83. The fraction of sp³-hybridized carbons (Fsp3) is 0.167. The lowest BCUT2D eigenvalue weighted by molar-refractivity contribution is -0.0191. The Labute approximate surface area is 214 Å². The van der Waals surface area contributed by atoms with E-state index in [9.17, 15) is 0 Å². The Balaban J connectivity index is 1.29. The van der Waals surface area contributed by atoms with Gasteiger partial charge in [-0.05, 0) is 60.5 Å². The van der Waals surface area contributed by atoms with Gasteiger partial charge in [0, 0.05) is 22.0 Å². The average Bonchev–Trinajstić information content (AvgIpc) is 3.34. The molecule has 0 aliphatic carbocycles. The zero-order chi connectivity index (χ0) is 23.8. The maximum absolute atomic E-state index is 6.52. The number of fused-ring (bicyclic) bond motifs is 3. The molecule has 0 fully saturated rings. The number of hydrogen-bond acceptors (Lipinski definition) is 4. The lowest BCUT2D eigenvalue weighted by Crippen LogP contribution is -2.33. The van der Waals surface area contributed by atoms with Crippen LogP contribution in [0.5, 0.6) is 11.5 Å². The molecule has 2 aliphatic heterocycles. The van der Waals surface area contributed by atoms with Crippen molar-refractivity contribution in [2.45, 2.75) is 32.2 Å². The molecule has 0 aromatic heterocycles. The minimum atomic E-state index is -0.306. The molecule has 5 heteroatoms. The van der Waals surface area contributed by atoms with Gasteiger partial charge < -0.3 is 9.47 Å². The van der Waals surface area contributed by atoms with Gasteiger partial charge in [-0.3, -0.25) is 0 Å². The monoisotopic (exact) mass is 524 g/mol. The maximum Gasteiger partial charge on any atom is 0.213 e. The van der Waals surface area contributed by atoms with Gasteiger partial charge in [-0.2, -0.15) is 5.10 Å². The number of hydrogen-bond donors (Lipinski definition) is 0. The first kappa shape index (κ1) is 21.9. The fourth-order valence-corrected chi connectivity index (χ4v) is 5.05. The standard InChI is InChI=1S/C30H25BrN2O2/c1-20-7-9-22(10-8-20)27-18-28-26-17-24(31)13-16-29(26)35-30(33(28)32-27)23-11-14-25(15-12-23)34-19-21-5-3-2-4-6-21/h2-17,28,30H,18-19H2,1H3/t28-,30-/m1/s1. The summed E-state index contributed by atoms with van der Waals surface area (Å²) >= 11 is 3.63. The van der Waals surface area contributed by atoms with Crippen LogP contribution >= 0.6 is 15.9 Å². The van der Waals surface area contributed by atoms with E-state index in [1.807, 2.05) is 42.5 Å². The predicted molar refractivity (Wildman–Crippen MR) is 142 cm³/mol. The Morgan fingerprint density at radius 2 is 1.71 bits per heavy atom. The second-order valence-corrected chi connectivity index (χ2v) is 9.92. The normalized spacial score (nSPS) is 18.3. The zero-order valence-corrected chi connectivity index (χ0v) is 21.0. The topological polar surface area (TPSA) is 34.1 Å². The molecular weight excluding hydrogens is 500 g/mol. The summed E-state index contributed by atoms with van der Waals surface area (Å²) in [5, 5.41) is 7.19. The molecule has 35 heavy (non-hydrogen) atoms. The second-order valence-electron chi connectivity index (χ2n) is 9.01. The van der Waals surface area contributed by atoms with Crippen LogP contribution in [0.3, 0.4) is 0 Å². The molecule has 6 rings (SSSR count). The van der Waals surface area contributed by atoms with Gasteiger partial charge in [0.2, 0.25) is 6.23 Å². The molecule has 0 radical (unpaired) electrons. The van der Waals surface area contributed by atoms with E-state index in [0.717, 1.165) is 50.4 Å². The largest absolute Gasteiger partial charge is 0.489 e. The molecule has 0 spiro atoms. The van der Waals surface area contributed by atoms with Gasteiger partial charge in [-0.25, -0.2) is 5.01 Å². The van der Waals surface area contributed by atoms with E-state index >= 15 is 0 Å². The molecule has 2 atom stereocenters. The number of ether oxygens (including phenoxy) is 2. The van der Waals surface area contributed by atoms with E-state index in [-0.39, 0.29) is 12.3 Å². The summed E-state index contributed by atoms with van der Waals surface area (Å²) in [7, 11) is 0. The van der Waals surface area contributed by atoms with Crippen molar-refractivity contribution in [3.63, 3.8) is 0 Å². The molecule has 0 bridgehead atoms. The fourth-order valence-electron chi connectivity index (χ4n) is 4.67. The highest BCUT2D eigenvalue weighted by Crippen LogP contribution is 2.48. The Kier molecular flexibility index (Phi) is 5.78. The van der Waals surface area contributed by atoms with Crippen LogP contribution in [0.2, 0.25) is 0 Å². The molecular formula is C30H25BrN2O2. The van der Waals surface area contributed by atoms with E-state index < -0.39 is 0 Å². The molecule has 4 aromatic carbocycles. The number of aryl methyl sites for hydroxylation is 1. The van der Waals surface area contributed by atoms with E-state index in [0.29, 0.717) is 6.61 Å². The highest BCUT2D eigenvalue weighted by molar-refractivity contribution is 9.10. The SMILES string of the molecule is Cc1ccc(C2=NN3[C@H](C2)c2cc(Br)ccc2O[C@@H]3c2ccc(OCc3ccccc3)cc2)cc1. The van der Waals surface area contributed by atoms with Crippen molar-refractivity contribution in [2.24, 2.45) is 5.10 Å². The van der Waals surface area contributed by atoms with Crippen molar-refractivity contribution in [1.82, 2.24) is 5.01 Å². The van der Waals surface area contributed by atoms with Crippen LogP contribution in [-0.4, -0.2) is 10.7 Å². The molecule has 0 amide bonds. The summed E-state index contributed by atoms with van der Waals surface area (Å²) in [6.45, 7) is 2.65. The van der Waals surface area contributed by atoms with Crippen LogP contribution in [0.25, 0.3) is 0 Å².